The number of aliphatic hydroxyl groups is 1. The number of ketones is 1. The van der Waals surface area contributed by atoms with Crippen LogP contribution in [0, 0.1) is 11.8 Å². The normalized spacial score (nSPS) is 35.2. The largest absolute Gasteiger partial charge is 0.386 e. The lowest BCUT2D eigenvalue weighted by molar-refractivity contribution is -0.114. The highest BCUT2D eigenvalue weighted by atomic mass is 16.3. The van der Waals surface area contributed by atoms with Crippen molar-refractivity contribution in [3.63, 3.8) is 0 Å². The molecule has 0 radical (unpaired) electrons. The lowest BCUT2D eigenvalue weighted by Gasteiger charge is -2.22. The van der Waals surface area contributed by atoms with Gasteiger partial charge in [0.1, 0.15) is 0 Å². The molecule has 2 atom stereocenters. The summed E-state index contributed by atoms with van der Waals surface area (Å²) in [5.74, 6) is 1.16. The molecule has 1 N–H and O–H groups in total. The van der Waals surface area contributed by atoms with Crippen LogP contribution in [0.2, 0.25) is 0 Å². The molecule has 2 nitrogen and oxygen atoms in total. The summed E-state index contributed by atoms with van der Waals surface area (Å²) < 4.78 is 0. The highest BCUT2D eigenvalue weighted by molar-refractivity contribution is 5.91. The first-order chi connectivity index (χ1) is 10.2. The fourth-order valence-corrected chi connectivity index (χ4v) is 2.82. The lowest BCUT2D eigenvalue weighted by Crippen LogP contribution is -2.21. The monoisotopic (exact) mass is 304 g/mol. The van der Waals surface area contributed by atoms with E-state index in [2.05, 4.69) is 26.0 Å². The summed E-state index contributed by atoms with van der Waals surface area (Å²) in [6, 6.07) is 0. The van der Waals surface area contributed by atoms with Crippen LogP contribution in [0.25, 0.3) is 0 Å². The second-order valence-corrected chi connectivity index (χ2v) is 7.39. The number of allylic oxidation sites excluding steroid dienone is 5. The zero-order valence-electron chi connectivity index (χ0n) is 14.9. The van der Waals surface area contributed by atoms with Gasteiger partial charge in [0.2, 0.25) is 0 Å². The van der Waals surface area contributed by atoms with Gasteiger partial charge in [-0.25, -0.2) is 0 Å². The number of hydrogen-bond acceptors (Lipinski definition) is 2. The molecule has 2 heteroatoms. The predicted molar refractivity (Wildman–Crippen MR) is 93.7 cm³/mol. The van der Waals surface area contributed by atoms with Gasteiger partial charge in [-0.1, -0.05) is 43.2 Å². The van der Waals surface area contributed by atoms with Crippen molar-refractivity contribution in [3.05, 3.63) is 35.5 Å². The van der Waals surface area contributed by atoms with Gasteiger partial charge >= 0.3 is 0 Å². The summed E-state index contributed by atoms with van der Waals surface area (Å²) in [6.45, 7) is 10.3. The van der Waals surface area contributed by atoms with Crippen molar-refractivity contribution in [2.75, 3.05) is 0 Å². The molecule has 22 heavy (non-hydrogen) atoms. The van der Waals surface area contributed by atoms with Crippen LogP contribution in [0.1, 0.15) is 66.7 Å². The van der Waals surface area contributed by atoms with Crippen molar-refractivity contribution < 1.29 is 9.90 Å². The van der Waals surface area contributed by atoms with Crippen molar-refractivity contribution in [2.24, 2.45) is 11.8 Å². The molecule has 1 rings (SSSR count). The summed E-state index contributed by atoms with van der Waals surface area (Å²) in [4.78, 5) is 12.0. The van der Waals surface area contributed by atoms with Gasteiger partial charge in [-0.2, -0.15) is 0 Å². The SMILES string of the molecule is C/C1=C\C(=O)C/C(C)=C/CC[C@@](C)(O)/C=C/[C@H](C(C)C)CC1. The van der Waals surface area contributed by atoms with E-state index in [0.717, 1.165) is 30.4 Å². The Bertz CT molecular complexity index is 464. The maximum Gasteiger partial charge on any atom is 0.159 e. The first-order valence-electron chi connectivity index (χ1n) is 8.47. The van der Waals surface area contributed by atoms with Crippen LogP contribution in [-0.2, 0) is 4.79 Å². The molecule has 0 bridgehead atoms. The summed E-state index contributed by atoms with van der Waals surface area (Å²) in [7, 11) is 0. The molecule has 0 aromatic carbocycles. The Morgan fingerprint density at radius 3 is 2.59 bits per heavy atom. The standard InChI is InChI=1S/C20H32O2/c1-15(2)18-9-8-17(4)14-19(21)13-16(3)7-6-11-20(5,22)12-10-18/h7,10,12,14-15,18,22H,6,8-9,11,13H2,1-5H3/b12-10+,16-7+,17-14+/t18-,20-/m1/s1. The third-order valence-electron chi connectivity index (χ3n) is 4.43. The number of hydrogen-bond donors (Lipinski definition) is 1. The van der Waals surface area contributed by atoms with Gasteiger partial charge in [-0.15, -0.1) is 0 Å². The van der Waals surface area contributed by atoms with Crippen LogP contribution >= 0.6 is 0 Å². The minimum Gasteiger partial charge on any atom is -0.386 e. The minimum absolute atomic E-state index is 0.187. The van der Waals surface area contributed by atoms with E-state index in [9.17, 15) is 9.90 Å². The Labute approximate surface area is 136 Å². The molecule has 0 aromatic rings. The molecule has 0 amide bonds. The molecule has 0 fully saturated rings. The third-order valence-corrected chi connectivity index (χ3v) is 4.43. The molecule has 0 aromatic heterocycles. The van der Waals surface area contributed by atoms with Gasteiger partial charge in [-0.05, 0) is 64.4 Å². The number of rotatable bonds is 1. The lowest BCUT2D eigenvalue weighted by atomic mass is 9.87. The van der Waals surface area contributed by atoms with Crippen molar-refractivity contribution in [2.45, 2.75) is 72.3 Å². The van der Waals surface area contributed by atoms with E-state index in [0.29, 0.717) is 24.7 Å². The molecule has 0 unspecified atom stereocenters. The summed E-state index contributed by atoms with van der Waals surface area (Å²) in [5.41, 5.74) is 1.47. The van der Waals surface area contributed by atoms with Crippen LogP contribution in [-0.4, -0.2) is 16.5 Å². The second kappa shape index (κ2) is 8.47. The van der Waals surface area contributed by atoms with Gasteiger partial charge in [-0.3, -0.25) is 4.79 Å². The van der Waals surface area contributed by atoms with E-state index < -0.39 is 5.60 Å². The fourth-order valence-electron chi connectivity index (χ4n) is 2.82. The first kappa shape index (κ1) is 18.9. The van der Waals surface area contributed by atoms with Gasteiger partial charge in [0, 0.05) is 6.42 Å². The maximum absolute atomic E-state index is 12.0. The van der Waals surface area contributed by atoms with E-state index in [1.807, 2.05) is 26.8 Å². The van der Waals surface area contributed by atoms with Gasteiger partial charge in [0.25, 0.3) is 0 Å². The fraction of sp³-hybridized carbons (Fsp3) is 0.650. The Morgan fingerprint density at radius 2 is 1.95 bits per heavy atom. The second-order valence-electron chi connectivity index (χ2n) is 7.39. The summed E-state index contributed by atoms with van der Waals surface area (Å²) >= 11 is 0. The predicted octanol–water partition coefficient (Wildman–Crippen LogP) is 4.99. The maximum atomic E-state index is 12.0. The molecule has 1 aliphatic rings. The van der Waals surface area contributed by atoms with Crippen molar-refractivity contribution in [1.29, 1.82) is 0 Å². The van der Waals surface area contributed by atoms with E-state index in [1.54, 1.807) is 6.08 Å². The van der Waals surface area contributed by atoms with E-state index >= 15 is 0 Å². The van der Waals surface area contributed by atoms with Crippen molar-refractivity contribution >= 4 is 5.78 Å². The molecule has 1 aliphatic carbocycles. The Morgan fingerprint density at radius 1 is 1.27 bits per heavy atom. The van der Waals surface area contributed by atoms with Crippen LogP contribution in [0.5, 0.6) is 0 Å². The quantitative estimate of drug-likeness (QED) is 0.693. The van der Waals surface area contributed by atoms with E-state index in [-0.39, 0.29) is 5.78 Å². The molecular formula is C20H32O2. The molecule has 0 saturated carbocycles. The van der Waals surface area contributed by atoms with Gasteiger partial charge in [0.15, 0.2) is 5.78 Å². The highest BCUT2D eigenvalue weighted by Gasteiger charge is 2.18. The number of carbonyl (C=O) groups is 1. The topological polar surface area (TPSA) is 37.3 Å². The Balaban J connectivity index is 2.98. The summed E-state index contributed by atoms with van der Waals surface area (Å²) in [6.07, 6.45) is 12.0. The van der Waals surface area contributed by atoms with Gasteiger partial charge < -0.3 is 5.11 Å². The smallest absolute Gasteiger partial charge is 0.159 e. The Hall–Kier alpha value is -1.15. The zero-order chi connectivity index (χ0) is 16.8. The molecule has 0 aliphatic heterocycles. The van der Waals surface area contributed by atoms with Crippen LogP contribution in [0.15, 0.2) is 35.5 Å². The van der Waals surface area contributed by atoms with Crippen LogP contribution in [0.4, 0.5) is 0 Å². The Kier molecular flexibility index (Phi) is 7.28. The molecular weight excluding hydrogens is 272 g/mol. The van der Waals surface area contributed by atoms with E-state index in [4.69, 9.17) is 0 Å². The minimum atomic E-state index is -0.775. The van der Waals surface area contributed by atoms with Crippen molar-refractivity contribution in [3.8, 4) is 0 Å². The van der Waals surface area contributed by atoms with Crippen LogP contribution < -0.4 is 0 Å². The number of carbonyl (C=O) groups excluding carboxylic acids is 1. The molecule has 124 valence electrons. The summed E-state index contributed by atoms with van der Waals surface area (Å²) in [5, 5.41) is 10.5. The van der Waals surface area contributed by atoms with Crippen LogP contribution in [0.3, 0.4) is 0 Å². The zero-order valence-corrected chi connectivity index (χ0v) is 14.9. The highest BCUT2D eigenvalue weighted by Crippen LogP contribution is 2.24. The average Bonchev–Trinajstić information content (AvgIpc) is 2.36. The first-order valence-corrected chi connectivity index (χ1v) is 8.47. The van der Waals surface area contributed by atoms with Gasteiger partial charge in [0.05, 0.1) is 5.60 Å². The van der Waals surface area contributed by atoms with E-state index in [1.165, 1.54) is 0 Å². The molecule has 0 spiro atoms. The molecule has 0 saturated heterocycles. The average molecular weight is 304 g/mol. The van der Waals surface area contributed by atoms with Crippen molar-refractivity contribution in [1.82, 2.24) is 0 Å². The third kappa shape index (κ3) is 7.22. The molecule has 0 heterocycles.